The summed E-state index contributed by atoms with van der Waals surface area (Å²) in [6, 6.07) is 0. The molecule has 0 aromatic heterocycles. The van der Waals surface area contributed by atoms with E-state index in [2.05, 4.69) is 49.2 Å². The van der Waals surface area contributed by atoms with Crippen LogP contribution >= 0.6 is 31.9 Å². The molecule has 2 aliphatic rings. The zero-order valence-electron chi connectivity index (χ0n) is 12.5. The fraction of sp³-hybridized carbons (Fsp3) is 0.929. The quantitative estimate of drug-likeness (QED) is 0.280. The first-order valence-electron chi connectivity index (χ1n) is 7.23. The molecular weight excluding hydrogens is 386 g/mol. The molecule has 6 heteroatoms. The topological polar surface area (TPSA) is 47.9 Å². The summed E-state index contributed by atoms with van der Waals surface area (Å²) < 4.78 is 0.124. The van der Waals surface area contributed by atoms with Crippen molar-refractivity contribution in [2.45, 2.75) is 47.9 Å². The smallest absolute Gasteiger partial charge is 0.0989 e. The van der Waals surface area contributed by atoms with Gasteiger partial charge in [-0.2, -0.15) is 0 Å². The number of aliphatic hydroxyl groups is 1. The summed E-state index contributed by atoms with van der Waals surface area (Å²) in [7, 11) is 3.61. The predicted octanol–water partition coefficient (Wildman–Crippen LogP) is 2.90. The van der Waals surface area contributed by atoms with Gasteiger partial charge in [0.05, 0.1) is 21.7 Å². The fourth-order valence-corrected chi connectivity index (χ4v) is 4.06. The van der Waals surface area contributed by atoms with Gasteiger partial charge in [0, 0.05) is 14.1 Å². The standard InChI is InChI=1S/C14H25Br2N3O/c1-12(6-7-12)13(20,9-19(18-3)10-17-2)5-4-11-8-14(11,15)16/h10-11,18,20H,4-9H2,1-3H3. The molecule has 0 aromatic carbocycles. The average Bonchev–Trinajstić information content (AvgIpc) is 3.26. The van der Waals surface area contributed by atoms with Gasteiger partial charge < -0.3 is 5.11 Å². The third-order valence-electron chi connectivity index (χ3n) is 4.96. The fourth-order valence-electron chi connectivity index (χ4n) is 2.82. The normalized spacial score (nSPS) is 29.2. The van der Waals surface area contributed by atoms with Crippen LogP contribution in [0.2, 0.25) is 0 Å². The van der Waals surface area contributed by atoms with Gasteiger partial charge in [-0.05, 0) is 43.4 Å². The van der Waals surface area contributed by atoms with Crippen molar-refractivity contribution in [3.63, 3.8) is 0 Å². The van der Waals surface area contributed by atoms with Crippen molar-refractivity contribution in [2.24, 2.45) is 16.3 Å². The predicted molar refractivity (Wildman–Crippen MR) is 90.4 cm³/mol. The Bertz CT molecular complexity index is 385. The summed E-state index contributed by atoms with van der Waals surface area (Å²) in [6.45, 7) is 2.79. The van der Waals surface area contributed by atoms with E-state index >= 15 is 0 Å². The molecule has 2 rings (SSSR count). The van der Waals surface area contributed by atoms with Crippen LogP contribution in [0.4, 0.5) is 0 Å². The minimum absolute atomic E-state index is 0.0554. The Morgan fingerprint density at radius 3 is 2.50 bits per heavy atom. The molecule has 0 saturated heterocycles. The number of rotatable bonds is 8. The van der Waals surface area contributed by atoms with Crippen LogP contribution in [0.25, 0.3) is 0 Å². The summed E-state index contributed by atoms with van der Waals surface area (Å²) in [5, 5.41) is 13.1. The van der Waals surface area contributed by atoms with E-state index in [4.69, 9.17) is 0 Å². The Morgan fingerprint density at radius 1 is 1.50 bits per heavy atom. The molecule has 2 fully saturated rings. The molecule has 116 valence electrons. The molecule has 0 spiro atoms. The SMILES string of the molecule is CN=CN(CC(O)(CCC1CC1(Br)Br)C1(C)CC1)NC. The molecule has 0 heterocycles. The lowest BCUT2D eigenvalue weighted by Crippen LogP contribution is -2.51. The van der Waals surface area contributed by atoms with E-state index in [1.54, 1.807) is 13.4 Å². The zero-order valence-corrected chi connectivity index (χ0v) is 15.7. The first-order valence-corrected chi connectivity index (χ1v) is 8.81. The lowest BCUT2D eigenvalue weighted by molar-refractivity contribution is -0.0545. The van der Waals surface area contributed by atoms with Crippen LogP contribution in [0.1, 0.15) is 39.0 Å². The highest BCUT2D eigenvalue weighted by Crippen LogP contribution is 2.61. The van der Waals surface area contributed by atoms with E-state index in [1.165, 1.54) is 0 Å². The molecular formula is C14H25Br2N3O. The second-order valence-electron chi connectivity index (χ2n) is 6.52. The van der Waals surface area contributed by atoms with Gasteiger partial charge >= 0.3 is 0 Å². The Kier molecular flexibility index (Phi) is 4.90. The molecule has 2 saturated carbocycles. The van der Waals surface area contributed by atoms with Crippen LogP contribution in [0.15, 0.2) is 4.99 Å². The van der Waals surface area contributed by atoms with E-state index < -0.39 is 5.60 Å². The monoisotopic (exact) mass is 409 g/mol. The van der Waals surface area contributed by atoms with Crippen LogP contribution < -0.4 is 5.43 Å². The molecule has 0 bridgehead atoms. The van der Waals surface area contributed by atoms with Gasteiger partial charge in [-0.3, -0.25) is 10.0 Å². The van der Waals surface area contributed by atoms with E-state index in [1.807, 2.05) is 12.1 Å². The third-order valence-corrected chi connectivity index (χ3v) is 6.90. The Morgan fingerprint density at radius 2 is 2.10 bits per heavy atom. The van der Waals surface area contributed by atoms with Gasteiger partial charge in [-0.1, -0.05) is 38.8 Å². The van der Waals surface area contributed by atoms with E-state index in [0.717, 1.165) is 32.1 Å². The van der Waals surface area contributed by atoms with Crippen molar-refractivity contribution in [1.29, 1.82) is 0 Å². The number of nitrogens with zero attached hydrogens (tertiary/aromatic N) is 2. The lowest BCUT2D eigenvalue weighted by Gasteiger charge is -2.38. The Hall–Kier alpha value is 0.350. The van der Waals surface area contributed by atoms with Crippen LogP contribution in [-0.2, 0) is 0 Å². The molecule has 2 atom stereocenters. The van der Waals surface area contributed by atoms with Gasteiger partial charge in [-0.25, -0.2) is 5.43 Å². The van der Waals surface area contributed by atoms with E-state index in [-0.39, 0.29) is 8.65 Å². The lowest BCUT2D eigenvalue weighted by atomic mass is 9.81. The number of hydrazine groups is 1. The number of alkyl halides is 2. The molecule has 4 nitrogen and oxygen atoms in total. The second kappa shape index (κ2) is 5.86. The van der Waals surface area contributed by atoms with Gasteiger partial charge in [-0.15, -0.1) is 0 Å². The third kappa shape index (κ3) is 3.57. The number of hydrogen-bond donors (Lipinski definition) is 2. The molecule has 20 heavy (non-hydrogen) atoms. The van der Waals surface area contributed by atoms with Gasteiger partial charge in [0.2, 0.25) is 0 Å². The van der Waals surface area contributed by atoms with Crippen molar-refractivity contribution in [3.05, 3.63) is 0 Å². The minimum atomic E-state index is -0.657. The van der Waals surface area contributed by atoms with E-state index in [9.17, 15) is 5.11 Å². The Balaban J connectivity index is 1.98. The van der Waals surface area contributed by atoms with Crippen LogP contribution in [0.3, 0.4) is 0 Å². The maximum Gasteiger partial charge on any atom is 0.0989 e. The molecule has 0 aliphatic heterocycles. The van der Waals surface area contributed by atoms with Gasteiger partial charge in [0.15, 0.2) is 0 Å². The summed E-state index contributed by atoms with van der Waals surface area (Å²) >= 11 is 7.33. The first kappa shape index (κ1) is 16.7. The van der Waals surface area contributed by atoms with Crippen LogP contribution in [-0.4, -0.2) is 45.9 Å². The number of nitrogens with one attached hydrogen (secondary N) is 1. The van der Waals surface area contributed by atoms with Gasteiger partial charge in [0.25, 0.3) is 0 Å². The van der Waals surface area contributed by atoms with Crippen molar-refractivity contribution in [3.8, 4) is 0 Å². The average molecular weight is 411 g/mol. The summed E-state index contributed by atoms with van der Waals surface area (Å²) in [5.41, 5.74) is 2.48. The molecule has 0 aromatic rings. The highest BCUT2D eigenvalue weighted by molar-refractivity contribution is 9.25. The molecule has 0 amide bonds. The summed E-state index contributed by atoms with van der Waals surface area (Å²) in [6.07, 6.45) is 7.00. The second-order valence-corrected chi connectivity index (χ2v) is 10.4. The van der Waals surface area contributed by atoms with Gasteiger partial charge in [0.1, 0.15) is 0 Å². The number of aliphatic imine (C=N–C) groups is 1. The zero-order chi connectivity index (χ0) is 15.0. The van der Waals surface area contributed by atoms with Crippen molar-refractivity contribution in [2.75, 3.05) is 20.6 Å². The molecule has 2 aliphatic carbocycles. The van der Waals surface area contributed by atoms with Crippen LogP contribution in [0.5, 0.6) is 0 Å². The first-order chi connectivity index (χ1) is 9.26. The number of halogens is 2. The van der Waals surface area contributed by atoms with Crippen molar-refractivity contribution >= 4 is 38.2 Å². The largest absolute Gasteiger partial charge is 0.387 e. The Labute approximate surface area is 138 Å². The summed E-state index contributed by atoms with van der Waals surface area (Å²) in [5.74, 6) is 0.624. The highest BCUT2D eigenvalue weighted by Gasteiger charge is 2.57. The summed E-state index contributed by atoms with van der Waals surface area (Å²) in [4.78, 5) is 4.04. The number of hydrogen-bond acceptors (Lipinski definition) is 3. The van der Waals surface area contributed by atoms with Crippen molar-refractivity contribution < 1.29 is 5.11 Å². The highest BCUT2D eigenvalue weighted by atomic mass is 79.9. The van der Waals surface area contributed by atoms with Crippen LogP contribution in [0, 0.1) is 11.3 Å². The minimum Gasteiger partial charge on any atom is -0.387 e. The molecule has 0 radical (unpaired) electrons. The molecule has 2 N–H and O–H groups in total. The van der Waals surface area contributed by atoms with Crippen molar-refractivity contribution in [1.82, 2.24) is 10.4 Å². The maximum atomic E-state index is 11.2. The van der Waals surface area contributed by atoms with E-state index in [0.29, 0.717) is 12.5 Å². The molecule has 2 unspecified atom stereocenters. The maximum absolute atomic E-state index is 11.2.